The molecule has 0 aliphatic heterocycles. The number of anilines is 1. The second kappa shape index (κ2) is 7.03. The summed E-state index contributed by atoms with van der Waals surface area (Å²) < 4.78 is 12.9. The van der Waals surface area contributed by atoms with Gasteiger partial charge in [-0.3, -0.25) is 14.8 Å². The average Bonchev–Trinajstić information content (AvgIpc) is 3.25. The molecule has 0 spiro atoms. The number of aromatic nitrogens is 3. The highest BCUT2D eigenvalue weighted by molar-refractivity contribution is 7.16. The fourth-order valence-electron chi connectivity index (χ4n) is 3.14. The molecule has 2 heterocycles. The Morgan fingerprint density at radius 1 is 1.30 bits per heavy atom. The van der Waals surface area contributed by atoms with Crippen LogP contribution < -0.4 is 14.8 Å². The predicted molar refractivity (Wildman–Crippen MR) is 103 cm³/mol. The maximum absolute atomic E-state index is 12.6. The maximum atomic E-state index is 12.6. The fraction of sp³-hybridized carbons (Fsp3) is 0.316. The van der Waals surface area contributed by atoms with E-state index in [1.165, 1.54) is 21.9 Å². The molecule has 0 unspecified atom stereocenters. The van der Waals surface area contributed by atoms with Crippen molar-refractivity contribution in [2.45, 2.75) is 25.9 Å². The van der Waals surface area contributed by atoms with Crippen molar-refractivity contribution in [1.82, 2.24) is 14.8 Å². The summed E-state index contributed by atoms with van der Waals surface area (Å²) in [5.41, 5.74) is 3.15. The normalized spacial score (nSPS) is 13.4. The van der Waals surface area contributed by atoms with Crippen molar-refractivity contribution < 1.29 is 14.3 Å². The van der Waals surface area contributed by atoms with E-state index in [9.17, 15) is 4.79 Å². The molecule has 0 bridgehead atoms. The number of aryl methyl sites for hydroxylation is 2. The Balaban J connectivity index is 1.48. The molecule has 7 nitrogen and oxygen atoms in total. The van der Waals surface area contributed by atoms with Crippen LogP contribution in [-0.4, -0.2) is 33.9 Å². The van der Waals surface area contributed by atoms with Crippen molar-refractivity contribution in [3.8, 4) is 22.8 Å². The molecule has 1 atom stereocenters. The number of nitrogens with zero attached hydrogens (tertiary/aromatic N) is 3. The van der Waals surface area contributed by atoms with Gasteiger partial charge in [-0.05, 0) is 31.9 Å². The van der Waals surface area contributed by atoms with E-state index in [1.54, 1.807) is 26.2 Å². The zero-order chi connectivity index (χ0) is 19.0. The zero-order valence-electron chi connectivity index (χ0n) is 15.4. The van der Waals surface area contributed by atoms with Crippen LogP contribution in [0.15, 0.2) is 30.5 Å². The lowest BCUT2D eigenvalue weighted by Gasteiger charge is -2.15. The Labute approximate surface area is 161 Å². The van der Waals surface area contributed by atoms with Gasteiger partial charge in [0.05, 0.1) is 19.0 Å². The van der Waals surface area contributed by atoms with Crippen molar-refractivity contribution in [2.24, 2.45) is 7.05 Å². The van der Waals surface area contributed by atoms with Crippen LogP contribution in [0.2, 0.25) is 0 Å². The highest BCUT2D eigenvalue weighted by atomic mass is 32.1. The van der Waals surface area contributed by atoms with Gasteiger partial charge >= 0.3 is 0 Å². The second-order valence-corrected chi connectivity index (χ2v) is 7.40. The largest absolute Gasteiger partial charge is 0.493 e. The predicted octanol–water partition coefficient (Wildman–Crippen LogP) is 3.06. The fourth-order valence-corrected chi connectivity index (χ4v) is 4.12. The quantitative estimate of drug-likeness (QED) is 0.731. The number of carbonyl (C=O) groups is 1. The van der Waals surface area contributed by atoms with Gasteiger partial charge in [0.15, 0.2) is 22.7 Å². The van der Waals surface area contributed by atoms with Crippen LogP contribution >= 0.6 is 11.3 Å². The van der Waals surface area contributed by atoms with Crippen LogP contribution in [0.3, 0.4) is 0 Å². The molecule has 1 aliphatic carbocycles. The Morgan fingerprint density at radius 3 is 2.85 bits per heavy atom. The van der Waals surface area contributed by atoms with Gasteiger partial charge in [-0.2, -0.15) is 5.10 Å². The maximum Gasteiger partial charge on any atom is 0.266 e. The molecule has 4 rings (SSSR count). The van der Waals surface area contributed by atoms with E-state index < -0.39 is 6.10 Å². The van der Waals surface area contributed by atoms with Crippen molar-refractivity contribution in [2.75, 3.05) is 12.4 Å². The first kappa shape index (κ1) is 17.5. The van der Waals surface area contributed by atoms with E-state index in [1.807, 2.05) is 30.1 Å². The molecule has 0 saturated heterocycles. The number of amides is 1. The number of thiazole rings is 1. The smallest absolute Gasteiger partial charge is 0.266 e. The molecule has 0 fully saturated rings. The van der Waals surface area contributed by atoms with Crippen molar-refractivity contribution >= 4 is 22.4 Å². The standard InChI is InChI=1S/C19H20N4O3S/c1-11(26-15-7-5-4-6-14(15)25-3)18(24)22-19-21-17-12-10-20-23(2)13(12)8-9-16(17)27-19/h4-7,10-11H,8-9H2,1-3H3,(H,21,22,24)/t11-/m1/s1. The Hall–Kier alpha value is -2.87. The van der Waals surface area contributed by atoms with Gasteiger partial charge in [0.2, 0.25) is 0 Å². The summed E-state index contributed by atoms with van der Waals surface area (Å²) in [6.07, 6.45) is 2.99. The van der Waals surface area contributed by atoms with Gasteiger partial charge < -0.3 is 9.47 Å². The second-order valence-electron chi connectivity index (χ2n) is 6.32. The lowest BCUT2D eigenvalue weighted by atomic mass is 10.0. The zero-order valence-corrected chi connectivity index (χ0v) is 16.2. The summed E-state index contributed by atoms with van der Waals surface area (Å²) in [6, 6.07) is 7.25. The van der Waals surface area contributed by atoms with E-state index in [0.29, 0.717) is 16.6 Å². The summed E-state index contributed by atoms with van der Waals surface area (Å²) in [4.78, 5) is 18.3. The summed E-state index contributed by atoms with van der Waals surface area (Å²) >= 11 is 1.51. The van der Waals surface area contributed by atoms with Gasteiger partial charge in [0.1, 0.15) is 0 Å². The van der Waals surface area contributed by atoms with Gasteiger partial charge in [-0.25, -0.2) is 4.98 Å². The minimum atomic E-state index is -0.684. The first-order valence-corrected chi connectivity index (χ1v) is 9.50. The number of nitrogens with one attached hydrogen (secondary N) is 1. The number of hydrogen-bond donors (Lipinski definition) is 1. The molecule has 0 radical (unpaired) electrons. The van der Waals surface area contributed by atoms with Crippen molar-refractivity contribution in [3.05, 3.63) is 41.0 Å². The number of hydrogen-bond acceptors (Lipinski definition) is 6. The monoisotopic (exact) mass is 384 g/mol. The third-order valence-corrected chi connectivity index (χ3v) is 5.61. The number of carbonyl (C=O) groups excluding carboxylic acids is 1. The number of ether oxygens (including phenoxy) is 2. The van der Waals surface area contributed by atoms with E-state index in [0.717, 1.165) is 24.1 Å². The molecular weight excluding hydrogens is 364 g/mol. The summed E-state index contributed by atoms with van der Waals surface area (Å²) in [5, 5.41) is 7.77. The van der Waals surface area contributed by atoms with Gasteiger partial charge in [-0.15, -0.1) is 11.3 Å². The first-order chi connectivity index (χ1) is 13.1. The molecule has 140 valence electrons. The van der Waals surface area contributed by atoms with Crippen LogP contribution in [0.5, 0.6) is 11.5 Å². The van der Waals surface area contributed by atoms with Crippen molar-refractivity contribution in [1.29, 1.82) is 0 Å². The van der Waals surface area contributed by atoms with Gasteiger partial charge in [-0.1, -0.05) is 12.1 Å². The molecule has 27 heavy (non-hydrogen) atoms. The Kier molecular flexibility index (Phi) is 4.57. The highest BCUT2D eigenvalue weighted by Gasteiger charge is 2.25. The number of para-hydroxylation sites is 2. The van der Waals surface area contributed by atoms with Crippen LogP contribution in [0.1, 0.15) is 17.5 Å². The third kappa shape index (κ3) is 3.28. The minimum Gasteiger partial charge on any atom is -0.493 e. The SMILES string of the molecule is COc1ccccc1O[C@H](C)C(=O)Nc1nc2c(s1)CCc1c-2cnn1C. The van der Waals surface area contributed by atoms with Crippen LogP contribution in [0.25, 0.3) is 11.3 Å². The molecule has 0 saturated carbocycles. The lowest BCUT2D eigenvalue weighted by molar-refractivity contribution is -0.122. The molecule has 3 aromatic rings. The van der Waals surface area contributed by atoms with E-state index in [2.05, 4.69) is 15.4 Å². The minimum absolute atomic E-state index is 0.251. The molecule has 8 heteroatoms. The van der Waals surface area contributed by atoms with Crippen molar-refractivity contribution in [3.63, 3.8) is 0 Å². The number of fused-ring (bicyclic) bond motifs is 3. The highest BCUT2D eigenvalue weighted by Crippen LogP contribution is 2.38. The average molecular weight is 384 g/mol. The Bertz CT molecular complexity index is 995. The summed E-state index contributed by atoms with van der Waals surface area (Å²) in [7, 11) is 3.51. The van der Waals surface area contributed by atoms with Crippen LogP contribution in [0, 0.1) is 0 Å². The Morgan fingerprint density at radius 2 is 2.07 bits per heavy atom. The molecular formula is C19H20N4O3S. The topological polar surface area (TPSA) is 78.3 Å². The van der Waals surface area contributed by atoms with E-state index in [-0.39, 0.29) is 5.91 Å². The molecule has 1 aliphatic rings. The van der Waals surface area contributed by atoms with Gasteiger partial charge in [0, 0.05) is 23.2 Å². The molecule has 2 aromatic heterocycles. The number of benzene rings is 1. The van der Waals surface area contributed by atoms with Gasteiger partial charge in [0.25, 0.3) is 5.91 Å². The third-order valence-electron chi connectivity index (χ3n) is 4.58. The molecule has 1 amide bonds. The first-order valence-electron chi connectivity index (χ1n) is 8.68. The summed E-state index contributed by atoms with van der Waals surface area (Å²) in [5.74, 6) is 0.866. The molecule has 1 aromatic carbocycles. The lowest BCUT2D eigenvalue weighted by Crippen LogP contribution is -2.30. The van der Waals surface area contributed by atoms with Crippen LogP contribution in [-0.2, 0) is 24.7 Å². The molecule has 1 N–H and O–H groups in total. The van der Waals surface area contributed by atoms with Crippen LogP contribution in [0.4, 0.5) is 5.13 Å². The summed E-state index contributed by atoms with van der Waals surface area (Å²) in [6.45, 7) is 1.70. The van der Waals surface area contributed by atoms with E-state index >= 15 is 0 Å². The van der Waals surface area contributed by atoms with E-state index in [4.69, 9.17) is 9.47 Å². The number of rotatable bonds is 5. The number of methoxy groups -OCH3 is 1.